The number of rotatable bonds is 3. The van der Waals surface area contributed by atoms with Crippen molar-refractivity contribution >= 4 is 0 Å². The Morgan fingerprint density at radius 3 is 2.54 bits per heavy atom. The van der Waals surface area contributed by atoms with Crippen LogP contribution in [0.4, 0.5) is 0 Å². The minimum atomic E-state index is 0.484. The highest BCUT2D eigenvalue weighted by Gasteiger charge is 2.30. The molecule has 1 rings (SSSR count). The van der Waals surface area contributed by atoms with Gasteiger partial charge in [0.2, 0.25) is 0 Å². The highest BCUT2D eigenvalue weighted by atomic mass is 14.7. The molecule has 0 amide bonds. The van der Waals surface area contributed by atoms with Crippen LogP contribution in [0.15, 0.2) is 0 Å². The summed E-state index contributed by atoms with van der Waals surface area (Å²) in [6.07, 6.45) is 6.64. The molecule has 78 valence electrons. The maximum Gasteiger partial charge on any atom is 0.00699 e. The summed E-state index contributed by atoms with van der Waals surface area (Å²) in [4.78, 5) is 0. The van der Waals surface area contributed by atoms with Gasteiger partial charge in [-0.15, -0.1) is 0 Å². The third kappa shape index (κ3) is 2.70. The Kier molecular flexibility index (Phi) is 4.24. The smallest absolute Gasteiger partial charge is 0.00699 e. The van der Waals surface area contributed by atoms with Crippen LogP contribution in [-0.4, -0.2) is 6.04 Å². The largest absolute Gasteiger partial charge is 0.327 e. The molecule has 0 saturated heterocycles. The van der Waals surface area contributed by atoms with E-state index in [1.807, 2.05) is 0 Å². The molecule has 0 heterocycles. The molecular formula is C12H25N. The van der Waals surface area contributed by atoms with Crippen molar-refractivity contribution in [1.82, 2.24) is 0 Å². The molecule has 4 atom stereocenters. The van der Waals surface area contributed by atoms with E-state index in [0.717, 1.165) is 17.8 Å². The van der Waals surface area contributed by atoms with Gasteiger partial charge < -0.3 is 5.73 Å². The zero-order chi connectivity index (χ0) is 9.84. The van der Waals surface area contributed by atoms with E-state index in [-0.39, 0.29) is 0 Å². The van der Waals surface area contributed by atoms with Crippen molar-refractivity contribution in [3.05, 3.63) is 0 Å². The van der Waals surface area contributed by atoms with Gasteiger partial charge in [-0.2, -0.15) is 0 Å². The summed E-state index contributed by atoms with van der Waals surface area (Å²) < 4.78 is 0. The highest BCUT2D eigenvalue weighted by molar-refractivity contribution is 4.84. The Hall–Kier alpha value is -0.0400. The Morgan fingerprint density at radius 1 is 1.31 bits per heavy atom. The van der Waals surface area contributed by atoms with E-state index >= 15 is 0 Å². The van der Waals surface area contributed by atoms with Gasteiger partial charge in [0.15, 0.2) is 0 Å². The lowest BCUT2D eigenvalue weighted by Gasteiger charge is -2.37. The van der Waals surface area contributed by atoms with Crippen molar-refractivity contribution in [2.75, 3.05) is 0 Å². The first-order valence-corrected chi connectivity index (χ1v) is 5.94. The molecule has 0 aromatic heterocycles. The van der Waals surface area contributed by atoms with Gasteiger partial charge in [-0.1, -0.05) is 33.6 Å². The topological polar surface area (TPSA) is 26.0 Å². The zero-order valence-electron chi connectivity index (χ0n) is 9.42. The monoisotopic (exact) mass is 183 g/mol. The van der Waals surface area contributed by atoms with Crippen LogP contribution in [0.1, 0.15) is 52.9 Å². The molecule has 0 aromatic carbocycles. The van der Waals surface area contributed by atoms with Gasteiger partial charge >= 0.3 is 0 Å². The lowest BCUT2D eigenvalue weighted by Crippen LogP contribution is -2.39. The summed E-state index contributed by atoms with van der Waals surface area (Å²) in [7, 11) is 0. The molecule has 1 nitrogen and oxygen atoms in total. The van der Waals surface area contributed by atoms with Gasteiger partial charge in [0, 0.05) is 6.04 Å². The normalized spacial score (nSPS) is 37.4. The summed E-state index contributed by atoms with van der Waals surface area (Å²) in [5.41, 5.74) is 6.17. The maximum absolute atomic E-state index is 6.17. The van der Waals surface area contributed by atoms with Crippen molar-refractivity contribution in [3.8, 4) is 0 Å². The number of nitrogens with two attached hydrogens (primary N) is 1. The average molecular weight is 183 g/mol. The average Bonchev–Trinajstić information content (AvgIpc) is 2.17. The fourth-order valence-electron chi connectivity index (χ4n) is 2.65. The van der Waals surface area contributed by atoms with E-state index in [9.17, 15) is 0 Å². The molecule has 0 aliphatic heterocycles. The van der Waals surface area contributed by atoms with Crippen LogP contribution in [0.3, 0.4) is 0 Å². The number of hydrogen-bond acceptors (Lipinski definition) is 1. The van der Waals surface area contributed by atoms with Gasteiger partial charge in [-0.25, -0.2) is 0 Å². The zero-order valence-corrected chi connectivity index (χ0v) is 9.42. The molecule has 0 radical (unpaired) electrons. The summed E-state index contributed by atoms with van der Waals surface area (Å²) in [6.45, 7) is 6.96. The standard InChI is InChI=1S/C12H25N/c1-4-9(3)11-8-10(5-2)6-7-12(11)13/h9-12H,4-8,13H2,1-3H3. The third-order valence-electron chi connectivity index (χ3n) is 4.02. The molecule has 1 fully saturated rings. The first kappa shape index (κ1) is 11.0. The van der Waals surface area contributed by atoms with Gasteiger partial charge in [-0.3, -0.25) is 0 Å². The van der Waals surface area contributed by atoms with E-state index in [1.54, 1.807) is 0 Å². The fourth-order valence-corrected chi connectivity index (χ4v) is 2.65. The molecule has 0 aromatic rings. The van der Waals surface area contributed by atoms with Gasteiger partial charge in [0.1, 0.15) is 0 Å². The minimum absolute atomic E-state index is 0.484. The van der Waals surface area contributed by atoms with Crippen LogP contribution in [0.25, 0.3) is 0 Å². The van der Waals surface area contributed by atoms with Crippen molar-refractivity contribution in [3.63, 3.8) is 0 Å². The Morgan fingerprint density at radius 2 is 2.00 bits per heavy atom. The minimum Gasteiger partial charge on any atom is -0.327 e. The third-order valence-corrected chi connectivity index (χ3v) is 4.02. The van der Waals surface area contributed by atoms with Crippen LogP contribution in [0.2, 0.25) is 0 Å². The van der Waals surface area contributed by atoms with E-state index < -0.39 is 0 Å². The van der Waals surface area contributed by atoms with Crippen molar-refractivity contribution in [1.29, 1.82) is 0 Å². The van der Waals surface area contributed by atoms with E-state index in [4.69, 9.17) is 5.73 Å². The van der Waals surface area contributed by atoms with Crippen molar-refractivity contribution in [2.45, 2.75) is 58.9 Å². The second-order valence-electron chi connectivity index (χ2n) is 4.80. The Balaban J connectivity index is 2.49. The molecule has 1 saturated carbocycles. The van der Waals surface area contributed by atoms with Crippen LogP contribution >= 0.6 is 0 Å². The van der Waals surface area contributed by atoms with Gasteiger partial charge in [-0.05, 0) is 37.0 Å². The van der Waals surface area contributed by atoms with Crippen LogP contribution < -0.4 is 5.73 Å². The van der Waals surface area contributed by atoms with Crippen molar-refractivity contribution < 1.29 is 0 Å². The molecule has 2 N–H and O–H groups in total. The molecule has 0 spiro atoms. The molecule has 1 aliphatic carbocycles. The SMILES string of the molecule is CCC1CCC(N)C(C(C)CC)C1. The molecule has 4 unspecified atom stereocenters. The predicted molar refractivity (Wildman–Crippen MR) is 58.6 cm³/mol. The van der Waals surface area contributed by atoms with Crippen molar-refractivity contribution in [2.24, 2.45) is 23.5 Å². The fraction of sp³-hybridized carbons (Fsp3) is 1.00. The molecule has 13 heavy (non-hydrogen) atoms. The molecule has 1 aliphatic rings. The quantitative estimate of drug-likeness (QED) is 0.714. The summed E-state index contributed by atoms with van der Waals surface area (Å²) in [6, 6.07) is 0.484. The summed E-state index contributed by atoms with van der Waals surface area (Å²) >= 11 is 0. The summed E-state index contributed by atoms with van der Waals surface area (Å²) in [5.74, 6) is 2.58. The number of hydrogen-bond donors (Lipinski definition) is 1. The van der Waals surface area contributed by atoms with Crippen LogP contribution in [-0.2, 0) is 0 Å². The van der Waals surface area contributed by atoms with E-state index in [0.29, 0.717) is 6.04 Å². The second kappa shape index (κ2) is 4.99. The molecule has 0 bridgehead atoms. The first-order chi connectivity index (χ1) is 6.19. The van der Waals surface area contributed by atoms with Gasteiger partial charge in [0.05, 0.1) is 0 Å². The van der Waals surface area contributed by atoms with Gasteiger partial charge in [0.25, 0.3) is 0 Å². The van der Waals surface area contributed by atoms with Crippen LogP contribution in [0.5, 0.6) is 0 Å². The lowest BCUT2D eigenvalue weighted by molar-refractivity contribution is 0.170. The van der Waals surface area contributed by atoms with E-state index in [1.165, 1.54) is 32.1 Å². The van der Waals surface area contributed by atoms with E-state index in [2.05, 4.69) is 20.8 Å². The summed E-state index contributed by atoms with van der Waals surface area (Å²) in [5, 5.41) is 0. The Labute approximate surface area is 83.1 Å². The molecule has 1 heteroatoms. The highest BCUT2D eigenvalue weighted by Crippen LogP contribution is 2.35. The second-order valence-corrected chi connectivity index (χ2v) is 4.80. The Bertz CT molecular complexity index is 140. The lowest BCUT2D eigenvalue weighted by atomic mass is 9.71. The first-order valence-electron chi connectivity index (χ1n) is 5.94. The maximum atomic E-state index is 6.17. The predicted octanol–water partition coefficient (Wildman–Crippen LogP) is 3.19. The molecular weight excluding hydrogens is 158 g/mol. The van der Waals surface area contributed by atoms with Crippen LogP contribution in [0, 0.1) is 17.8 Å².